The average Bonchev–Trinajstić information content (AvgIpc) is 2.21. The summed E-state index contributed by atoms with van der Waals surface area (Å²) in [5.41, 5.74) is 1.97. The van der Waals surface area contributed by atoms with Crippen LogP contribution >= 0.6 is 0 Å². The van der Waals surface area contributed by atoms with Crippen LogP contribution in [0.1, 0.15) is 33.3 Å². The fraction of sp³-hybridized carbons (Fsp3) is 0.364. The molecule has 1 heteroatoms. The molecule has 0 unspecified atom stereocenters. The molecule has 0 atom stereocenters. The molecule has 1 rings (SSSR count). The molecule has 0 aromatic heterocycles. The van der Waals surface area contributed by atoms with Crippen molar-refractivity contribution >= 4 is 0 Å². The van der Waals surface area contributed by atoms with Gasteiger partial charge in [-0.1, -0.05) is 32.9 Å². The van der Waals surface area contributed by atoms with Gasteiger partial charge >= 0.3 is 0 Å². The highest BCUT2D eigenvalue weighted by Crippen LogP contribution is 2.03. The topological polar surface area (TPSA) is 23.8 Å². The van der Waals surface area contributed by atoms with Gasteiger partial charge in [0.1, 0.15) is 0 Å². The minimum atomic E-state index is 0. The van der Waals surface area contributed by atoms with E-state index in [-0.39, 0.29) is 1.43 Å². The van der Waals surface area contributed by atoms with Crippen molar-refractivity contribution < 1.29 is 1.43 Å². The van der Waals surface area contributed by atoms with Gasteiger partial charge in [0.15, 0.2) is 0 Å². The molecular weight excluding hydrogens is 146 g/mol. The Balaban J connectivity index is 0. The van der Waals surface area contributed by atoms with Crippen LogP contribution in [0.5, 0.6) is 0 Å². The van der Waals surface area contributed by atoms with Crippen LogP contribution < -0.4 is 0 Å². The Morgan fingerprint density at radius 3 is 2.58 bits per heavy atom. The molecule has 0 amide bonds. The number of aryl methyl sites for hydroxylation is 1. The van der Waals surface area contributed by atoms with Gasteiger partial charge in [0.25, 0.3) is 0 Å². The summed E-state index contributed by atoms with van der Waals surface area (Å²) >= 11 is 0. The fourth-order valence-electron chi connectivity index (χ4n) is 0.861. The zero-order valence-electron chi connectivity index (χ0n) is 7.96. The van der Waals surface area contributed by atoms with Gasteiger partial charge in [0, 0.05) is 1.43 Å². The Hall–Kier alpha value is -1.29. The van der Waals surface area contributed by atoms with Crippen molar-refractivity contribution in [3.05, 3.63) is 35.4 Å². The van der Waals surface area contributed by atoms with E-state index in [0.717, 1.165) is 12.0 Å². The van der Waals surface area contributed by atoms with Crippen LogP contribution in [0.2, 0.25) is 0 Å². The Labute approximate surface area is 76.1 Å². The van der Waals surface area contributed by atoms with Gasteiger partial charge < -0.3 is 0 Å². The smallest absolute Gasteiger partial charge is 0.0991 e. The van der Waals surface area contributed by atoms with Crippen molar-refractivity contribution in [3.8, 4) is 6.07 Å². The van der Waals surface area contributed by atoms with E-state index in [0.29, 0.717) is 0 Å². The lowest BCUT2D eigenvalue weighted by atomic mass is 10.1. The molecule has 1 nitrogen and oxygen atoms in total. The molecule has 12 heavy (non-hydrogen) atoms. The molecule has 1 aromatic rings. The third-order valence-electron chi connectivity index (χ3n) is 1.46. The first-order chi connectivity index (χ1) is 5.86. The highest BCUT2D eigenvalue weighted by atomic mass is 14.2. The van der Waals surface area contributed by atoms with E-state index in [4.69, 9.17) is 5.26 Å². The van der Waals surface area contributed by atoms with Crippen LogP contribution in [-0.2, 0) is 6.42 Å². The summed E-state index contributed by atoms with van der Waals surface area (Å²) in [6.45, 7) is 6.08. The summed E-state index contributed by atoms with van der Waals surface area (Å²) in [6, 6.07) is 9.78. The number of rotatable bonds is 1. The molecule has 0 aliphatic heterocycles. The average molecular weight is 163 g/mol. The second-order valence-corrected chi connectivity index (χ2v) is 2.17. The highest BCUT2D eigenvalue weighted by molar-refractivity contribution is 5.32. The SMILES string of the molecule is CC.CCc1cccc(C#N)c1.[HH]. The lowest BCUT2D eigenvalue weighted by Crippen LogP contribution is -1.80. The number of hydrogen-bond acceptors (Lipinski definition) is 1. The molecule has 0 saturated heterocycles. The van der Waals surface area contributed by atoms with E-state index in [1.165, 1.54) is 5.56 Å². The minimum Gasteiger partial charge on any atom is -0.192 e. The van der Waals surface area contributed by atoms with Crippen molar-refractivity contribution in [2.24, 2.45) is 0 Å². The zero-order valence-corrected chi connectivity index (χ0v) is 7.96. The predicted molar refractivity (Wildman–Crippen MR) is 54.0 cm³/mol. The third-order valence-corrected chi connectivity index (χ3v) is 1.46. The van der Waals surface area contributed by atoms with Crippen LogP contribution in [0.15, 0.2) is 24.3 Å². The largest absolute Gasteiger partial charge is 0.192 e. The molecule has 66 valence electrons. The summed E-state index contributed by atoms with van der Waals surface area (Å²) in [6.07, 6.45) is 0.996. The van der Waals surface area contributed by atoms with Gasteiger partial charge in [-0.2, -0.15) is 5.26 Å². The quantitative estimate of drug-likeness (QED) is 0.622. The lowest BCUT2D eigenvalue weighted by Gasteiger charge is -1.93. The first-order valence-corrected chi connectivity index (χ1v) is 4.36. The van der Waals surface area contributed by atoms with Crippen LogP contribution in [0.4, 0.5) is 0 Å². The lowest BCUT2D eigenvalue weighted by molar-refractivity contribution is 1.14. The number of hydrogen-bond donors (Lipinski definition) is 0. The standard InChI is InChI=1S/C9H9N.C2H6.H2/c1-2-8-4-3-5-9(6-8)7-10;1-2;/h3-6H,2H2,1H3;1-2H3;1H. The fourth-order valence-corrected chi connectivity index (χ4v) is 0.861. The van der Waals surface area contributed by atoms with Gasteiger partial charge in [0.2, 0.25) is 0 Å². The van der Waals surface area contributed by atoms with Gasteiger partial charge in [-0.05, 0) is 24.1 Å². The molecule has 0 heterocycles. The van der Waals surface area contributed by atoms with Crippen molar-refractivity contribution in [1.82, 2.24) is 0 Å². The molecule has 0 spiro atoms. The number of benzene rings is 1. The number of nitrogens with zero attached hydrogens (tertiary/aromatic N) is 1. The summed E-state index contributed by atoms with van der Waals surface area (Å²) in [7, 11) is 0. The third kappa shape index (κ3) is 3.21. The molecule has 0 aliphatic carbocycles. The molecular formula is C11H17N. The summed E-state index contributed by atoms with van der Waals surface area (Å²) in [5.74, 6) is 0. The van der Waals surface area contributed by atoms with E-state index in [9.17, 15) is 0 Å². The Kier molecular flexibility index (Phi) is 5.73. The van der Waals surface area contributed by atoms with Gasteiger partial charge in [-0.3, -0.25) is 0 Å². The van der Waals surface area contributed by atoms with Crippen LogP contribution in [0.25, 0.3) is 0 Å². The maximum Gasteiger partial charge on any atom is 0.0991 e. The summed E-state index contributed by atoms with van der Waals surface area (Å²) in [4.78, 5) is 0. The maximum absolute atomic E-state index is 8.51. The minimum absolute atomic E-state index is 0. The van der Waals surface area contributed by atoms with Crippen LogP contribution in [0.3, 0.4) is 0 Å². The first-order valence-electron chi connectivity index (χ1n) is 4.36. The van der Waals surface area contributed by atoms with Crippen LogP contribution in [-0.4, -0.2) is 0 Å². The zero-order chi connectivity index (χ0) is 9.40. The molecule has 0 radical (unpaired) electrons. The molecule has 0 saturated carbocycles. The molecule has 0 bridgehead atoms. The predicted octanol–water partition coefficient (Wildman–Crippen LogP) is 3.39. The van der Waals surface area contributed by atoms with E-state index in [2.05, 4.69) is 13.0 Å². The Morgan fingerprint density at radius 1 is 1.42 bits per heavy atom. The molecule has 0 aliphatic rings. The Bertz CT molecular complexity index is 263. The second-order valence-electron chi connectivity index (χ2n) is 2.17. The van der Waals surface area contributed by atoms with Crippen molar-refractivity contribution in [3.63, 3.8) is 0 Å². The second kappa shape index (κ2) is 6.42. The van der Waals surface area contributed by atoms with Crippen molar-refractivity contribution in [1.29, 1.82) is 5.26 Å². The maximum atomic E-state index is 8.51. The van der Waals surface area contributed by atoms with E-state index >= 15 is 0 Å². The molecule has 0 N–H and O–H groups in total. The van der Waals surface area contributed by atoms with Crippen LogP contribution in [0, 0.1) is 11.3 Å². The number of nitriles is 1. The highest BCUT2D eigenvalue weighted by Gasteiger charge is 1.89. The van der Waals surface area contributed by atoms with Crippen molar-refractivity contribution in [2.45, 2.75) is 27.2 Å². The molecule has 1 aromatic carbocycles. The summed E-state index contributed by atoms with van der Waals surface area (Å²) < 4.78 is 0. The van der Waals surface area contributed by atoms with E-state index in [1.54, 1.807) is 0 Å². The van der Waals surface area contributed by atoms with E-state index < -0.39 is 0 Å². The van der Waals surface area contributed by atoms with Gasteiger partial charge in [-0.25, -0.2) is 0 Å². The summed E-state index contributed by atoms with van der Waals surface area (Å²) in [5, 5.41) is 8.51. The molecule has 0 fully saturated rings. The monoisotopic (exact) mass is 163 g/mol. The van der Waals surface area contributed by atoms with Crippen molar-refractivity contribution in [2.75, 3.05) is 0 Å². The normalized spacial score (nSPS) is 7.83. The van der Waals surface area contributed by atoms with E-state index in [1.807, 2.05) is 38.1 Å². The first kappa shape index (κ1) is 10.7. The van der Waals surface area contributed by atoms with Gasteiger partial charge in [-0.15, -0.1) is 0 Å². The Morgan fingerprint density at radius 2 is 2.08 bits per heavy atom. The van der Waals surface area contributed by atoms with Gasteiger partial charge in [0.05, 0.1) is 11.6 Å².